The zero-order valence-corrected chi connectivity index (χ0v) is 53.0. The number of carboxylic acids is 1. The molecular weight excluding hydrogens is 1210 g/mol. The molecule has 1 aromatic carbocycles. The number of aliphatic hydroxyl groups is 2. The van der Waals surface area contributed by atoms with Crippen LogP contribution in [0, 0.1) is 23.7 Å². The molecule has 0 fully saturated rings. The first-order valence-electron chi connectivity index (χ1n) is 29.3. The molecule has 0 radical (unpaired) electrons. The third kappa shape index (κ3) is 25.8. The lowest BCUT2D eigenvalue weighted by molar-refractivity contribution is -0.143. The number of nitrogens with one attached hydrogen (secondary N) is 14. The summed E-state index contributed by atoms with van der Waals surface area (Å²) >= 11 is 4.01. The number of H-pyrrole nitrogens is 2. The molecule has 0 saturated heterocycles. The second-order valence-corrected chi connectivity index (χ2v) is 23.1. The van der Waals surface area contributed by atoms with Crippen molar-refractivity contribution < 1.29 is 77.6 Å². The Balaban J connectivity index is 1.65. The molecule has 19 N–H and O–H groups in total. The second-order valence-electron chi connectivity index (χ2n) is 22.8. The van der Waals surface area contributed by atoms with Gasteiger partial charge in [0, 0.05) is 48.8 Å². The number of thiol groups is 1. The summed E-state index contributed by atoms with van der Waals surface area (Å²) in [5.41, 5.74) is 7.06. The molecule has 3 aromatic rings. The molecule has 502 valence electrons. The maximum absolute atomic E-state index is 13.8. The van der Waals surface area contributed by atoms with Crippen LogP contribution in [0.2, 0.25) is 0 Å². The summed E-state index contributed by atoms with van der Waals surface area (Å²) in [7, 11) is 0. The minimum Gasteiger partial charge on any atom is -0.480 e. The van der Waals surface area contributed by atoms with Gasteiger partial charge < -0.3 is 94.8 Å². The van der Waals surface area contributed by atoms with Gasteiger partial charge in [-0.25, -0.2) is 14.8 Å². The number of aromatic nitrogens is 4. The Morgan fingerprint density at radius 3 is 1.26 bits per heavy atom. The van der Waals surface area contributed by atoms with E-state index in [1.807, 2.05) is 0 Å². The summed E-state index contributed by atoms with van der Waals surface area (Å²) < 4.78 is 0. The van der Waals surface area contributed by atoms with Crippen molar-refractivity contribution in [3.8, 4) is 0 Å². The third-order valence-corrected chi connectivity index (χ3v) is 14.2. The molecule has 33 nitrogen and oxygen atoms in total. The maximum Gasteiger partial charge on any atom is 0.326 e. The van der Waals surface area contributed by atoms with Crippen LogP contribution in [-0.2, 0) is 81.6 Å². The average Bonchev–Trinajstić information content (AvgIpc) is 3.63. The van der Waals surface area contributed by atoms with Gasteiger partial charge in [-0.3, -0.25) is 57.5 Å². The fourth-order valence-electron chi connectivity index (χ4n) is 8.62. The van der Waals surface area contributed by atoms with Gasteiger partial charge in [-0.1, -0.05) is 85.7 Å². The zero-order valence-electron chi connectivity index (χ0n) is 52.1. The van der Waals surface area contributed by atoms with Crippen LogP contribution in [0.3, 0.4) is 0 Å². The molecule has 0 saturated carbocycles. The van der Waals surface area contributed by atoms with Crippen LogP contribution in [-0.4, -0.2) is 211 Å². The minimum absolute atomic E-state index is 0.000149. The molecule has 0 unspecified atom stereocenters. The van der Waals surface area contributed by atoms with E-state index in [-0.39, 0.29) is 25.0 Å². The molecule has 34 heteroatoms. The normalized spacial score (nSPS) is 14.9. The van der Waals surface area contributed by atoms with E-state index in [4.69, 9.17) is 5.73 Å². The van der Waals surface area contributed by atoms with Gasteiger partial charge in [0.1, 0.15) is 54.4 Å². The fraction of sp³-hybridized carbons (Fsp3) is 0.561. The number of rotatable bonds is 38. The molecule has 0 spiro atoms. The van der Waals surface area contributed by atoms with E-state index in [1.54, 1.807) is 85.7 Å². The molecule has 12 amide bonds. The Morgan fingerprint density at radius 1 is 0.462 bits per heavy atom. The molecule has 0 aliphatic rings. The van der Waals surface area contributed by atoms with Crippen molar-refractivity contribution in [3.63, 3.8) is 0 Å². The van der Waals surface area contributed by atoms with Crippen molar-refractivity contribution in [2.75, 3.05) is 32.0 Å². The molecule has 91 heavy (non-hydrogen) atoms. The number of amides is 12. The molecule has 0 aliphatic carbocycles. The van der Waals surface area contributed by atoms with Crippen molar-refractivity contribution in [1.82, 2.24) is 83.7 Å². The SMILES string of the molecule is CC(C)[C@H](NC(=O)[C@H](Cc1ccccc1)NC(=O)[C@@H](NC(=O)CNC(=O)[C@H](Cc1cnc[nH]1)NC(=O)[C@H](CO)NC(=O)CNC(=O)[C@H](Cc1cnc[nH]1)NC(=O)CNC(=O)[C@@H](NC(=O)[C@@H](NC(=O)[C@@H](NC(=O)[C@@H](N)CS)C(C)C)C(C)C)[C@@H](C)O)C(C)C)C(=O)O. The van der Waals surface area contributed by atoms with E-state index < -0.39 is 193 Å². The van der Waals surface area contributed by atoms with Gasteiger partial charge >= 0.3 is 5.97 Å². The summed E-state index contributed by atoms with van der Waals surface area (Å²) in [5.74, 6) is -14.1. The summed E-state index contributed by atoms with van der Waals surface area (Å²) in [6, 6.07) is -4.98. The van der Waals surface area contributed by atoms with Gasteiger partial charge in [0.2, 0.25) is 70.9 Å². The Bertz CT molecular complexity index is 2930. The van der Waals surface area contributed by atoms with E-state index in [1.165, 1.54) is 32.0 Å². The first-order valence-corrected chi connectivity index (χ1v) is 29.9. The molecular formula is C57H87N17O16S. The summed E-state index contributed by atoms with van der Waals surface area (Å²) in [4.78, 5) is 186. The third-order valence-electron chi connectivity index (χ3n) is 13.8. The zero-order chi connectivity index (χ0) is 68.2. The van der Waals surface area contributed by atoms with E-state index in [0.29, 0.717) is 17.0 Å². The van der Waals surface area contributed by atoms with E-state index in [0.717, 1.165) is 0 Å². The number of nitrogens with zero attached hydrogens (tertiary/aromatic N) is 2. The number of aromatic amines is 2. The number of aliphatic carboxylic acids is 1. The number of carboxylic acid groups (broad SMARTS) is 1. The maximum atomic E-state index is 13.8. The van der Waals surface area contributed by atoms with E-state index in [2.05, 4.69) is 96.4 Å². The van der Waals surface area contributed by atoms with Crippen molar-refractivity contribution >= 4 is 89.5 Å². The van der Waals surface area contributed by atoms with Crippen LogP contribution < -0.4 is 69.5 Å². The average molecular weight is 1300 g/mol. The van der Waals surface area contributed by atoms with Crippen LogP contribution in [0.4, 0.5) is 0 Å². The Hall–Kier alpha value is -9.02. The topological polar surface area (TPSA) is 510 Å². The molecule has 11 atom stereocenters. The summed E-state index contributed by atoms with van der Waals surface area (Å²) in [6.45, 7) is 10.7. The highest BCUT2D eigenvalue weighted by Gasteiger charge is 2.37. The lowest BCUT2D eigenvalue weighted by Crippen LogP contribution is -2.61. The fourth-order valence-corrected chi connectivity index (χ4v) is 8.78. The van der Waals surface area contributed by atoms with Crippen LogP contribution in [0.1, 0.15) is 79.3 Å². The number of aliphatic hydroxyl groups excluding tert-OH is 2. The minimum atomic E-state index is -1.74. The van der Waals surface area contributed by atoms with Crippen molar-refractivity contribution in [3.05, 3.63) is 72.3 Å². The van der Waals surface area contributed by atoms with E-state index >= 15 is 0 Å². The Kier molecular flexibility index (Phi) is 31.7. The number of benzene rings is 1. The predicted octanol–water partition coefficient (Wildman–Crippen LogP) is -5.79. The van der Waals surface area contributed by atoms with Gasteiger partial charge in [0.05, 0.1) is 51.0 Å². The first-order chi connectivity index (χ1) is 42.9. The van der Waals surface area contributed by atoms with Crippen LogP contribution >= 0.6 is 12.6 Å². The first kappa shape index (κ1) is 76.2. The largest absolute Gasteiger partial charge is 0.480 e. The van der Waals surface area contributed by atoms with Crippen molar-refractivity contribution in [1.29, 1.82) is 0 Å². The molecule has 2 aromatic heterocycles. The van der Waals surface area contributed by atoms with Crippen molar-refractivity contribution in [2.45, 2.75) is 148 Å². The van der Waals surface area contributed by atoms with Crippen LogP contribution in [0.5, 0.6) is 0 Å². The summed E-state index contributed by atoms with van der Waals surface area (Å²) in [6.07, 6.45) is 3.18. The molecule has 0 aliphatic heterocycles. The lowest BCUT2D eigenvalue weighted by Gasteiger charge is -2.29. The Labute approximate surface area is 530 Å². The predicted molar refractivity (Wildman–Crippen MR) is 329 cm³/mol. The van der Waals surface area contributed by atoms with Gasteiger partial charge in [0.25, 0.3) is 0 Å². The quantitative estimate of drug-likeness (QED) is 0.0238. The van der Waals surface area contributed by atoms with Crippen LogP contribution in [0.25, 0.3) is 0 Å². The van der Waals surface area contributed by atoms with Gasteiger partial charge in [-0.15, -0.1) is 0 Å². The highest BCUT2D eigenvalue weighted by Crippen LogP contribution is 2.12. The van der Waals surface area contributed by atoms with Crippen LogP contribution in [0.15, 0.2) is 55.4 Å². The Morgan fingerprint density at radius 2 is 0.835 bits per heavy atom. The van der Waals surface area contributed by atoms with E-state index in [9.17, 15) is 77.6 Å². The highest BCUT2D eigenvalue weighted by molar-refractivity contribution is 7.80. The molecule has 3 rings (SSSR count). The van der Waals surface area contributed by atoms with Gasteiger partial charge in [-0.05, 0) is 36.2 Å². The number of nitrogens with two attached hydrogens (primary N) is 1. The van der Waals surface area contributed by atoms with Crippen molar-refractivity contribution in [2.24, 2.45) is 29.4 Å². The number of hydrogen-bond acceptors (Lipinski definition) is 19. The number of carbonyl (C=O) groups is 13. The standard InChI is InChI=1S/C57H87N17O16S/c1-27(2)43(54(86)69-36(15-32-13-11-10-12-14-32)51(83)73-46(30(7)8)57(89)90)70-42(79)22-62-50(82)38(17-34-19-60-26-65-34)68-52(84)39(23-75)67-41(78)20-61-49(81)37(16-33-18-59-25-64-33)66-40(77)21-63-53(85)47(31(9)76)74-56(88)45(29(5)6)72-55(87)44(28(3)4)71-48(80)35(58)24-91/h10-14,18-19,25-31,35-39,43-47,75-76,91H,15-17,20-24,58H2,1-9H3,(H,59,64)(H,60,65)(H,61,81)(H,62,82)(H,63,85)(H,66,77)(H,67,78)(H,68,84)(H,69,86)(H,70,79)(H,71,80)(H,72,87)(H,73,83)(H,74,88)(H,89,90)/t31-,35+,36+,37+,38+,39+,43+,44+,45+,46+,47+/m1/s1. The van der Waals surface area contributed by atoms with Gasteiger partial charge in [0.15, 0.2) is 0 Å². The highest BCUT2D eigenvalue weighted by atomic mass is 32.1. The second kappa shape index (κ2) is 37.9. The monoisotopic (exact) mass is 1300 g/mol. The molecule has 0 bridgehead atoms. The number of hydrogen-bond donors (Lipinski definition) is 19. The number of carbonyl (C=O) groups excluding carboxylic acids is 12. The van der Waals surface area contributed by atoms with Gasteiger partial charge in [-0.2, -0.15) is 12.6 Å². The smallest absolute Gasteiger partial charge is 0.326 e. The molecule has 2 heterocycles. The lowest BCUT2D eigenvalue weighted by atomic mass is 9.99. The number of imidazole rings is 2. The summed E-state index contributed by atoms with van der Waals surface area (Å²) in [5, 5.41) is 59.7.